The molecule has 4 rings (SSSR count). The molecule has 3 aromatic rings. The van der Waals surface area contributed by atoms with Crippen LogP contribution >= 0.6 is 0 Å². The van der Waals surface area contributed by atoms with Crippen molar-refractivity contribution < 1.29 is 14.3 Å². The first-order valence-corrected chi connectivity index (χ1v) is 10.7. The summed E-state index contributed by atoms with van der Waals surface area (Å²) in [5.74, 6) is 0.502. The number of ether oxygens (including phenoxy) is 1. The molecule has 1 heterocycles. The van der Waals surface area contributed by atoms with Gasteiger partial charge in [0, 0.05) is 36.6 Å². The van der Waals surface area contributed by atoms with Crippen molar-refractivity contribution in [2.24, 2.45) is 0 Å². The first-order valence-electron chi connectivity index (χ1n) is 10.7. The van der Waals surface area contributed by atoms with Gasteiger partial charge in [0.05, 0.1) is 7.11 Å². The molecule has 0 aromatic heterocycles. The number of hydrogen-bond donors (Lipinski definition) is 1. The van der Waals surface area contributed by atoms with Crippen molar-refractivity contribution in [1.29, 1.82) is 0 Å². The molecule has 0 atom stereocenters. The highest BCUT2D eigenvalue weighted by atomic mass is 16.5. The van der Waals surface area contributed by atoms with Crippen LogP contribution in [-0.2, 0) is 6.54 Å². The average Bonchev–Trinajstić information content (AvgIpc) is 2.82. The number of benzene rings is 3. The minimum absolute atomic E-state index is 0.0375. The molecule has 32 heavy (non-hydrogen) atoms. The van der Waals surface area contributed by atoms with Gasteiger partial charge in [-0.15, -0.1) is 0 Å². The summed E-state index contributed by atoms with van der Waals surface area (Å²) in [6.45, 7) is 3.98. The van der Waals surface area contributed by atoms with Gasteiger partial charge in [0.15, 0.2) is 0 Å². The molecule has 1 fully saturated rings. The Morgan fingerprint density at radius 2 is 1.75 bits per heavy atom. The van der Waals surface area contributed by atoms with Crippen LogP contribution in [0.1, 0.15) is 27.9 Å². The zero-order valence-corrected chi connectivity index (χ0v) is 18.4. The van der Waals surface area contributed by atoms with Gasteiger partial charge in [-0.25, -0.2) is 4.79 Å². The van der Waals surface area contributed by atoms with E-state index in [1.807, 2.05) is 17.0 Å². The minimum Gasteiger partial charge on any atom is -0.497 e. The van der Waals surface area contributed by atoms with E-state index < -0.39 is 0 Å². The molecule has 3 aromatic carbocycles. The maximum atomic E-state index is 13.2. The average molecular weight is 430 g/mol. The van der Waals surface area contributed by atoms with Gasteiger partial charge in [-0.05, 0) is 61.4 Å². The minimum atomic E-state index is -0.224. The summed E-state index contributed by atoms with van der Waals surface area (Å²) in [7, 11) is 1.60. The second-order valence-corrected chi connectivity index (χ2v) is 7.93. The quantitative estimate of drug-likeness (QED) is 0.594. The predicted octanol–water partition coefficient (Wildman–Crippen LogP) is 5.09. The number of rotatable bonds is 6. The summed E-state index contributed by atoms with van der Waals surface area (Å²) in [5.41, 5.74) is 4.22. The standard InChI is InChI=1S/C26H27N3O3/c1-19-7-9-20(10-8-19)18-28-15-4-16-29(26(28)31)23-6-3-5-21(17-23)25(30)27-22-11-13-24(32-2)14-12-22/h3,5-14,17H,4,15-16,18H2,1-2H3,(H,27,30). The van der Waals surface area contributed by atoms with Crippen LogP contribution in [0.2, 0.25) is 0 Å². The van der Waals surface area contributed by atoms with Gasteiger partial charge in [0.25, 0.3) is 5.91 Å². The van der Waals surface area contributed by atoms with Crippen molar-refractivity contribution in [3.05, 3.63) is 89.5 Å². The smallest absolute Gasteiger partial charge is 0.324 e. The third-order valence-electron chi connectivity index (χ3n) is 5.57. The summed E-state index contributed by atoms with van der Waals surface area (Å²) < 4.78 is 5.15. The second-order valence-electron chi connectivity index (χ2n) is 7.93. The Kier molecular flexibility index (Phi) is 6.40. The number of urea groups is 1. The Balaban J connectivity index is 1.46. The number of aryl methyl sites for hydroxylation is 1. The van der Waals surface area contributed by atoms with Crippen LogP contribution in [0.5, 0.6) is 5.75 Å². The van der Waals surface area contributed by atoms with Crippen molar-refractivity contribution in [2.75, 3.05) is 30.4 Å². The molecule has 1 aliphatic heterocycles. The highest BCUT2D eigenvalue weighted by molar-refractivity contribution is 6.05. The topological polar surface area (TPSA) is 61.9 Å². The van der Waals surface area contributed by atoms with Crippen LogP contribution in [0.3, 0.4) is 0 Å². The third kappa shape index (κ3) is 4.91. The monoisotopic (exact) mass is 429 g/mol. The van der Waals surface area contributed by atoms with Crippen molar-refractivity contribution in [3.63, 3.8) is 0 Å². The molecule has 1 aliphatic rings. The maximum absolute atomic E-state index is 13.2. The van der Waals surface area contributed by atoms with Crippen molar-refractivity contribution in [3.8, 4) is 5.75 Å². The van der Waals surface area contributed by atoms with Gasteiger partial charge in [-0.3, -0.25) is 9.69 Å². The zero-order chi connectivity index (χ0) is 22.5. The molecule has 164 valence electrons. The largest absolute Gasteiger partial charge is 0.497 e. The number of carbonyl (C=O) groups is 2. The molecule has 6 nitrogen and oxygen atoms in total. The van der Waals surface area contributed by atoms with E-state index in [0.717, 1.165) is 30.0 Å². The SMILES string of the molecule is COc1ccc(NC(=O)c2cccc(N3CCCN(Cc4ccc(C)cc4)C3=O)c2)cc1. The molecular formula is C26H27N3O3. The molecule has 1 N–H and O–H groups in total. The van der Waals surface area contributed by atoms with Gasteiger partial charge >= 0.3 is 6.03 Å². The number of carbonyl (C=O) groups excluding carboxylic acids is 2. The number of hydrogen-bond acceptors (Lipinski definition) is 3. The van der Waals surface area contributed by atoms with Crippen LogP contribution in [0.4, 0.5) is 16.2 Å². The van der Waals surface area contributed by atoms with Crippen molar-refractivity contribution >= 4 is 23.3 Å². The Hall–Kier alpha value is -3.80. The Bertz CT molecular complexity index is 1090. The fraction of sp³-hybridized carbons (Fsp3) is 0.231. The number of methoxy groups -OCH3 is 1. The normalized spacial score (nSPS) is 13.8. The number of nitrogens with zero attached hydrogens (tertiary/aromatic N) is 2. The molecule has 0 saturated carbocycles. The Morgan fingerprint density at radius 3 is 2.47 bits per heavy atom. The molecule has 3 amide bonds. The zero-order valence-electron chi connectivity index (χ0n) is 18.4. The van der Waals surface area contributed by atoms with E-state index in [-0.39, 0.29) is 11.9 Å². The summed E-state index contributed by atoms with van der Waals surface area (Å²) in [4.78, 5) is 29.5. The summed E-state index contributed by atoms with van der Waals surface area (Å²) >= 11 is 0. The van der Waals surface area contributed by atoms with E-state index in [9.17, 15) is 9.59 Å². The fourth-order valence-electron chi connectivity index (χ4n) is 3.77. The van der Waals surface area contributed by atoms with Gasteiger partial charge in [-0.2, -0.15) is 0 Å². The lowest BCUT2D eigenvalue weighted by Gasteiger charge is -2.36. The van der Waals surface area contributed by atoms with E-state index in [1.165, 1.54) is 5.56 Å². The fourth-order valence-corrected chi connectivity index (χ4v) is 3.77. The van der Waals surface area contributed by atoms with Gasteiger partial charge in [0.1, 0.15) is 5.75 Å². The molecule has 6 heteroatoms. The van der Waals surface area contributed by atoms with Crippen LogP contribution < -0.4 is 15.0 Å². The number of amides is 3. The highest BCUT2D eigenvalue weighted by Crippen LogP contribution is 2.23. The van der Waals surface area contributed by atoms with Crippen molar-refractivity contribution in [2.45, 2.75) is 19.9 Å². The summed E-state index contributed by atoms with van der Waals surface area (Å²) in [5, 5.41) is 2.89. The molecular weight excluding hydrogens is 402 g/mol. The first-order chi connectivity index (χ1) is 15.5. The lowest BCUT2D eigenvalue weighted by atomic mass is 10.1. The van der Waals surface area contributed by atoms with Crippen LogP contribution in [0, 0.1) is 6.92 Å². The van der Waals surface area contributed by atoms with E-state index in [0.29, 0.717) is 24.3 Å². The van der Waals surface area contributed by atoms with Gasteiger partial charge in [-0.1, -0.05) is 35.9 Å². The van der Waals surface area contributed by atoms with E-state index >= 15 is 0 Å². The Morgan fingerprint density at radius 1 is 1.00 bits per heavy atom. The summed E-state index contributed by atoms with van der Waals surface area (Å²) in [6, 6.07) is 22.6. The first kappa shape index (κ1) is 21.4. The number of anilines is 2. The molecule has 0 radical (unpaired) electrons. The predicted molar refractivity (Wildman–Crippen MR) is 126 cm³/mol. The maximum Gasteiger partial charge on any atom is 0.324 e. The van der Waals surface area contributed by atoms with Crippen molar-refractivity contribution in [1.82, 2.24) is 4.90 Å². The van der Waals surface area contributed by atoms with Crippen LogP contribution in [-0.4, -0.2) is 37.0 Å². The van der Waals surface area contributed by atoms with Crippen LogP contribution in [0.25, 0.3) is 0 Å². The second kappa shape index (κ2) is 9.56. The van der Waals surface area contributed by atoms with Gasteiger partial charge in [0.2, 0.25) is 0 Å². The molecule has 1 saturated heterocycles. The molecule has 0 unspecified atom stereocenters. The van der Waals surface area contributed by atoms with Gasteiger partial charge < -0.3 is 15.0 Å². The summed E-state index contributed by atoms with van der Waals surface area (Å²) in [6.07, 6.45) is 0.875. The lowest BCUT2D eigenvalue weighted by Crippen LogP contribution is -2.49. The van der Waals surface area contributed by atoms with Crippen LogP contribution in [0.15, 0.2) is 72.8 Å². The Labute approximate surface area is 188 Å². The van der Waals surface area contributed by atoms with E-state index in [4.69, 9.17) is 4.74 Å². The van der Waals surface area contributed by atoms with E-state index in [2.05, 4.69) is 36.5 Å². The number of nitrogens with one attached hydrogen (secondary N) is 1. The highest BCUT2D eigenvalue weighted by Gasteiger charge is 2.27. The van der Waals surface area contributed by atoms with E-state index in [1.54, 1.807) is 48.4 Å². The third-order valence-corrected chi connectivity index (χ3v) is 5.57. The molecule has 0 bridgehead atoms. The molecule has 0 spiro atoms. The lowest BCUT2D eigenvalue weighted by molar-refractivity contribution is 0.102. The molecule has 0 aliphatic carbocycles.